The highest BCUT2D eigenvalue weighted by molar-refractivity contribution is 6.30. The quantitative estimate of drug-likeness (QED) is 0.863. The number of nitrogen functional groups attached to an aromatic ring is 1. The van der Waals surface area contributed by atoms with Crippen LogP contribution in [0.15, 0.2) is 24.4 Å². The SMILES string of the molecule is Cc1cnc(N)nc1Nc1cc(F)cc(Cl)c1. The van der Waals surface area contributed by atoms with Crippen LogP contribution in [0.4, 0.5) is 21.8 Å². The zero-order chi connectivity index (χ0) is 12.4. The van der Waals surface area contributed by atoms with E-state index < -0.39 is 5.82 Å². The predicted molar refractivity (Wildman–Crippen MR) is 65.9 cm³/mol. The summed E-state index contributed by atoms with van der Waals surface area (Å²) in [6.45, 7) is 1.82. The first-order valence-corrected chi connectivity index (χ1v) is 5.24. The smallest absolute Gasteiger partial charge is 0.221 e. The Labute approximate surface area is 103 Å². The number of aryl methyl sites for hydroxylation is 1. The van der Waals surface area contributed by atoms with Crippen molar-refractivity contribution in [3.8, 4) is 0 Å². The number of rotatable bonds is 2. The van der Waals surface area contributed by atoms with Gasteiger partial charge in [0.2, 0.25) is 5.95 Å². The highest BCUT2D eigenvalue weighted by Crippen LogP contribution is 2.22. The van der Waals surface area contributed by atoms with E-state index in [1.807, 2.05) is 6.92 Å². The molecule has 4 nitrogen and oxygen atoms in total. The molecule has 0 radical (unpaired) electrons. The Morgan fingerprint density at radius 3 is 2.82 bits per heavy atom. The molecule has 3 N–H and O–H groups in total. The molecule has 0 saturated carbocycles. The molecule has 0 aliphatic heterocycles. The summed E-state index contributed by atoms with van der Waals surface area (Å²) in [6.07, 6.45) is 1.59. The van der Waals surface area contributed by atoms with Crippen molar-refractivity contribution in [1.82, 2.24) is 9.97 Å². The van der Waals surface area contributed by atoms with Crippen LogP contribution in [0, 0.1) is 12.7 Å². The number of hydrogen-bond acceptors (Lipinski definition) is 4. The van der Waals surface area contributed by atoms with Gasteiger partial charge in [-0.15, -0.1) is 0 Å². The molecule has 0 saturated heterocycles. The van der Waals surface area contributed by atoms with Crippen LogP contribution in [0.1, 0.15) is 5.56 Å². The molecular formula is C11H10ClFN4. The van der Waals surface area contributed by atoms with Crippen molar-refractivity contribution in [2.45, 2.75) is 6.92 Å². The van der Waals surface area contributed by atoms with E-state index >= 15 is 0 Å². The Morgan fingerprint density at radius 1 is 1.35 bits per heavy atom. The number of hydrogen-bond donors (Lipinski definition) is 2. The lowest BCUT2D eigenvalue weighted by atomic mass is 10.3. The van der Waals surface area contributed by atoms with Gasteiger partial charge in [-0.25, -0.2) is 9.37 Å². The molecule has 0 atom stereocenters. The number of benzene rings is 1. The summed E-state index contributed by atoms with van der Waals surface area (Å²) in [5.41, 5.74) is 6.79. The topological polar surface area (TPSA) is 63.8 Å². The lowest BCUT2D eigenvalue weighted by molar-refractivity contribution is 0.628. The van der Waals surface area contributed by atoms with Crippen LogP contribution in [0.2, 0.25) is 5.02 Å². The van der Waals surface area contributed by atoms with Gasteiger partial charge in [0.05, 0.1) is 0 Å². The third-order valence-electron chi connectivity index (χ3n) is 2.12. The van der Waals surface area contributed by atoms with Gasteiger partial charge < -0.3 is 11.1 Å². The molecule has 0 aliphatic carbocycles. The van der Waals surface area contributed by atoms with Crippen molar-refractivity contribution in [2.24, 2.45) is 0 Å². The van der Waals surface area contributed by atoms with Gasteiger partial charge in [0.1, 0.15) is 11.6 Å². The van der Waals surface area contributed by atoms with Crippen molar-refractivity contribution >= 4 is 29.1 Å². The van der Waals surface area contributed by atoms with Crippen LogP contribution in [-0.2, 0) is 0 Å². The lowest BCUT2D eigenvalue weighted by Crippen LogP contribution is -2.02. The second kappa shape index (κ2) is 4.55. The van der Waals surface area contributed by atoms with Gasteiger partial charge in [-0.05, 0) is 25.1 Å². The van der Waals surface area contributed by atoms with Crippen LogP contribution >= 0.6 is 11.6 Å². The first-order valence-electron chi connectivity index (χ1n) is 4.87. The normalized spacial score (nSPS) is 10.3. The van der Waals surface area contributed by atoms with Crippen LogP contribution in [0.25, 0.3) is 0 Å². The molecule has 0 unspecified atom stereocenters. The third kappa shape index (κ3) is 2.82. The number of nitrogens with two attached hydrogens (primary N) is 1. The molecule has 0 fully saturated rings. The van der Waals surface area contributed by atoms with E-state index in [0.29, 0.717) is 16.5 Å². The average Bonchev–Trinajstić information content (AvgIpc) is 2.22. The Hall–Kier alpha value is -1.88. The molecule has 1 aromatic heterocycles. The maximum Gasteiger partial charge on any atom is 0.221 e. The van der Waals surface area contributed by atoms with Gasteiger partial charge in [-0.3, -0.25) is 0 Å². The molecule has 1 aromatic carbocycles. The molecule has 88 valence electrons. The van der Waals surface area contributed by atoms with Crippen molar-refractivity contribution < 1.29 is 4.39 Å². The zero-order valence-corrected chi connectivity index (χ0v) is 9.79. The Morgan fingerprint density at radius 2 is 2.12 bits per heavy atom. The molecular weight excluding hydrogens is 243 g/mol. The molecule has 6 heteroatoms. The van der Waals surface area contributed by atoms with Gasteiger partial charge in [0.25, 0.3) is 0 Å². The van der Waals surface area contributed by atoms with E-state index in [2.05, 4.69) is 15.3 Å². The van der Waals surface area contributed by atoms with Crippen molar-refractivity contribution in [2.75, 3.05) is 11.1 Å². The highest BCUT2D eigenvalue weighted by Gasteiger charge is 2.04. The second-order valence-corrected chi connectivity index (χ2v) is 3.98. The van der Waals surface area contributed by atoms with E-state index in [0.717, 1.165) is 5.56 Å². The van der Waals surface area contributed by atoms with Crippen LogP contribution < -0.4 is 11.1 Å². The number of nitrogens with one attached hydrogen (secondary N) is 1. The van der Waals surface area contributed by atoms with E-state index in [1.165, 1.54) is 12.1 Å². The molecule has 0 spiro atoms. The summed E-state index contributed by atoms with van der Waals surface area (Å²) in [6, 6.07) is 4.15. The Bertz CT molecular complexity index is 539. The standard InChI is InChI=1S/C11H10ClFN4/c1-6-5-15-11(14)17-10(6)16-9-3-7(12)2-8(13)4-9/h2-5H,1H3,(H3,14,15,16,17). The highest BCUT2D eigenvalue weighted by atomic mass is 35.5. The van der Waals surface area contributed by atoms with Crippen molar-refractivity contribution in [1.29, 1.82) is 0 Å². The van der Waals surface area contributed by atoms with Crippen molar-refractivity contribution in [3.05, 3.63) is 40.8 Å². The summed E-state index contributed by atoms with van der Waals surface area (Å²) in [5, 5.41) is 3.25. The summed E-state index contributed by atoms with van der Waals surface area (Å²) in [7, 11) is 0. The van der Waals surface area contributed by atoms with Crippen molar-refractivity contribution in [3.63, 3.8) is 0 Å². The van der Waals surface area contributed by atoms with E-state index in [4.69, 9.17) is 17.3 Å². The number of nitrogens with zero attached hydrogens (tertiary/aromatic N) is 2. The number of anilines is 3. The van der Waals surface area contributed by atoms with Gasteiger partial charge in [-0.1, -0.05) is 11.6 Å². The minimum Gasteiger partial charge on any atom is -0.368 e. The van der Waals surface area contributed by atoms with Crippen LogP contribution in [-0.4, -0.2) is 9.97 Å². The minimum absolute atomic E-state index is 0.153. The summed E-state index contributed by atoms with van der Waals surface area (Å²) in [5.74, 6) is 0.263. The average molecular weight is 253 g/mol. The molecule has 0 amide bonds. The lowest BCUT2D eigenvalue weighted by Gasteiger charge is -2.09. The van der Waals surface area contributed by atoms with E-state index in [9.17, 15) is 4.39 Å². The first kappa shape index (κ1) is 11.6. The maximum atomic E-state index is 13.1. The zero-order valence-electron chi connectivity index (χ0n) is 9.04. The molecule has 0 bridgehead atoms. The first-order chi connectivity index (χ1) is 8.04. The number of aromatic nitrogens is 2. The Balaban J connectivity index is 2.34. The monoisotopic (exact) mass is 252 g/mol. The van der Waals surface area contributed by atoms with Gasteiger partial charge >= 0.3 is 0 Å². The maximum absolute atomic E-state index is 13.1. The summed E-state index contributed by atoms with van der Waals surface area (Å²) >= 11 is 5.75. The van der Waals surface area contributed by atoms with E-state index in [1.54, 1.807) is 12.3 Å². The van der Waals surface area contributed by atoms with Gasteiger partial charge in [0, 0.05) is 22.5 Å². The van der Waals surface area contributed by atoms with E-state index in [-0.39, 0.29) is 5.95 Å². The fraction of sp³-hybridized carbons (Fsp3) is 0.0909. The number of halogens is 2. The predicted octanol–water partition coefficient (Wildman–Crippen LogP) is 2.90. The summed E-state index contributed by atoms with van der Waals surface area (Å²) < 4.78 is 13.1. The van der Waals surface area contributed by atoms with Crippen LogP contribution in [0.3, 0.4) is 0 Å². The molecule has 2 rings (SSSR count). The fourth-order valence-corrected chi connectivity index (χ4v) is 1.57. The third-order valence-corrected chi connectivity index (χ3v) is 2.33. The largest absolute Gasteiger partial charge is 0.368 e. The summed E-state index contributed by atoms with van der Waals surface area (Å²) in [4.78, 5) is 7.86. The second-order valence-electron chi connectivity index (χ2n) is 3.54. The molecule has 1 heterocycles. The molecule has 0 aliphatic rings. The minimum atomic E-state index is -0.417. The van der Waals surface area contributed by atoms with Gasteiger partial charge in [0.15, 0.2) is 0 Å². The fourth-order valence-electron chi connectivity index (χ4n) is 1.34. The molecule has 2 aromatic rings. The Kier molecular flexibility index (Phi) is 3.10. The molecule has 17 heavy (non-hydrogen) atoms. The van der Waals surface area contributed by atoms with Crippen LogP contribution in [0.5, 0.6) is 0 Å². The van der Waals surface area contributed by atoms with Gasteiger partial charge in [-0.2, -0.15) is 4.98 Å².